The topological polar surface area (TPSA) is 95.2 Å². The van der Waals surface area contributed by atoms with Crippen LogP contribution >= 0.6 is 11.6 Å². The van der Waals surface area contributed by atoms with Crippen molar-refractivity contribution in [2.45, 2.75) is 62.9 Å². The number of halogens is 1. The van der Waals surface area contributed by atoms with Crippen LogP contribution in [0.4, 0.5) is 0 Å². The molecule has 1 aromatic heterocycles. The van der Waals surface area contributed by atoms with Crippen LogP contribution in [0.3, 0.4) is 0 Å². The number of sulfonamides is 1. The predicted octanol–water partition coefficient (Wildman–Crippen LogP) is 4.10. The summed E-state index contributed by atoms with van der Waals surface area (Å²) < 4.78 is 31.1. The molecule has 0 bridgehead atoms. The number of rotatable bonds is 7. The molecule has 0 radical (unpaired) electrons. The van der Waals surface area contributed by atoms with E-state index in [2.05, 4.69) is 10.8 Å². The Morgan fingerprint density at radius 1 is 1.21 bits per heavy atom. The van der Waals surface area contributed by atoms with Crippen molar-refractivity contribution in [3.05, 3.63) is 52.8 Å². The van der Waals surface area contributed by atoms with Crippen molar-refractivity contribution in [2.24, 2.45) is 11.8 Å². The SMILES string of the molecule is Cc1cccc(Cl)c1S(=O)(=O)NC(CCn1cccc1C#N)C(=O)N1CC[C@@H]2CCCC[C@@H]2C1. The Balaban J connectivity index is 1.57. The highest BCUT2D eigenvalue weighted by atomic mass is 35.5. The van der Waals surface area contributed by atoms with Crippen molar-refractivity contribution in [3.8, 4) is 6.07 Å². The number of hydrogen-bond acceptors (Lipinski definition) is 4. The quantitative estimate of drug-likeness (QED) is 0.616. The van der Waals surface area contributed by atoms with Crippen LogP contribution in [0.1, 0.15) is 49.8 Å². The number of nitrogens with zero attached hydrogens (tertiary/aromatic N) is 3. The molecule has 9 heteroatoms. The molecule has 1 aromatic carbocycles. The summed E-state index contributed by atoms with van der Waals surface area (Å²) in [4.78, 5) is 15.5. The van der Waals surface area contributed by atoms with E-state index < -0.39 is 16.1 Å². The van der Waals surface area contributed by atoms with Gasteiger partial charge in [-0.1, -0.05) is 43.0 Å². The Morgan fingerprint density at radius 3 is 2.71 bits per heavy atom. The number of carbonyl (C=O) groups is 1. The van der Waals surface area contributed by atoms with Crippen LogP contribution in [-0.4, -0.2) is 42.9 Å². The number of nitriles is 1. The predicted molar refractivity (Wildman–Crippen MR) is 131 cm³/mol. The van der Waals surface area contributed by atoms with Gasteiger partial charge in [-0.3, -0.25) is 4.79 Å². The number of amides is 1. The van der Waals surface area contributed by atoms with Gasteiger partial charge >= 0.3 is 0 Å². The Kier molecular flexibility index (Phi) is 7.66. The molecule has 2 aliphatic rings. The third-order valence-corrected chi connectivity index (χ3v) is 9.33. The van der Waals surface area contributed by atoms with E-state index in [4.69, 9.17) is 11.6 Å². The number of likely N-dealkylation sites (tertiary alicyclic amines) is 1. The first-order chi connectivity index (χ1) is 16.3. The first-order valence-electron chi connectivity index (χ1n) is 11.9. The number of nitrogens with one attached hydrogen (secondary N) is 1. The fourth-order valence-corrected chi connectivity index (χ4v) is 7.49. The summed E-state index contributed by atoms with van der Waals surface area (Å²) in [5.41, 5.74) is 0.991. The highest BCUT2D eigenvalue weighted by Gasteiger charge is 2.37. The smallest absolute Gasteiger partial charge is 0.243 e. The molecule has 1 saturated heterocycles. The Labute approximate surface area is 206 Å². The number of aromatic nitrogens is 1. The summed E-state index contributed by atoms with van der Waals surface area (Å²) in [6.45, 7) is 3.36. The number of aryl methyl sites for hydroxylation is 2. The fraction of sp³-hybridized carbons (Fsp3) is 0.520. The molecule has 1 amide bonds. The van der Waals surface area contributed by atoms with Crippen LogP contribution in [0, 0.1) is 30.1 Å². The van der Waals surface area contributed by atoms with E-state index in [9.17, 15) is 18.5 Å². The van der Waals surface area contributed by atoms with Crippen LogP contribution in [0.2, 0.25) is 5.02 Å². The molecular weight excluding hydrogens is 472 g/mol. The average Bonchev–Trinajstić information content (AvgIpc) is 3.28. The minimum atomic E-state index is -4.04. The number of piperidine rings is 1. The van der Waals surface area contributed by atoms with Crippen LogP contribution in [0.25, 0.3) is 0 Å². The second-order valence-corrected chi connectivity index (χ2v) is 11.5. The highest BCUT2D eigenvalue weighted by Crippen LogP contribution is 2.36. The Morgan fingerprint density at radius 2 is 1.97 bits per heavy atom. The summed E-state index contributed by atoms with van der Waals surface area (Å²) in [6.07, 6.45) is 7.76. The largest absolute Gasteiger partial charge is 0.341 e. The maximum absolute atomic E-state index is 13.7. The average molecular weight is 503 g/mol. The van der Waals surface area contributed by atoms with Crippen molar-refractivity contribution in [3.63, 3.8) is 0 Å². The van der Waals surface area contributed by atoms with Gasteiger partial charge in [-0.25, -0.2) is 8.42 Å². The van der Waals surface area contributed by atoms with Crippen molar-refractivity contribution in [1.29, 1.82) is 5.26 Å². The Bertz CT molecular complexity index is 1170. The Hall–Kier alpha value is -2.34. The number of fused-ring (bicyclic) bond motifs is 1. The van der Waals surface area contributed by atoms with Crippen LogP contribution in [0.5, 0.6) is 0 Å². The lowest BCUT2D eigenvalue weighted by Crippen LogP contribution is -2.53. The molecule has 2 fully saturated rings. The van der Waals surface area contributed by atoms with Gasteiger partial charge in [0.1, 0.15) is 22.7 Å². The van der Waals surface area contributed by atoms with E-state index in [-0.39, 0.29) is 22.2 Å². The molecule has 4 rings (SSSR count). The van der Waals surface area contributed by atoms with E-state index in [0.717, 1.165) is 12.8 Å². The van der Waals surface area contributed by atoms with E-state index in [1.807, 2.05) is 4.90 Å². The van der Waals surface area contributed by atoms with Crippen molar-refractivity contribution in [1.82, 2.24) is 14.2 Å². The lowest BCUT2D eigenvalue weighted by Gasteiger charge is -2.42. The van der Waals surface area contributed by atoms with E-state index in [1.54, 1.807) is 42.0 Å². The molecule has 1 saturated carbocycles. The minimum absolute atomic E-state index is 0.000802. The molecule has 7 nitrogen and oxygen atoms in total. The zero-order valence-electron chi connectivity index (χ0n) is 19.4. The van der Waals surface area contributed by atoms with Crippen LogP contribution in [-0.2, 0) is 21.4 Å². The van der Waals surface area contributed by atoms with Gasteiger partial charge in [-0.2, -0.15) is 9.98 Å². The van der Waals surface area contributed by atoms with Gasteiger partial charge in [0.2, 0.25) is 15.9 Å². The molecule has 1 unspecified atom stereocenters. The lowest BCUT2D eigenvalue weighted by atomic mass is 9.75. The maximum atomic E-state index is 13.7. The van der Waals surface area contributed by atoms with E-state index >= 15 is 0 Å². The van der Waals surface area contributed by atoms with E-state index in [1.165, 1.54) is 25.3 Å². The normalized spacial score (nSPS) is 21.5. The second-order valence-electron chi connectivity index (χ2n) is 9.42. The summed E-state index contributed by atoms with van der Waals surface area (Å²) >= 11 is 6.25. The zero-order chi connectivity index (χ0) is 24.3. The van der Waals surface area contributed by atoms with Gasteiger partial charge in [0.25, 0.3) is 0 Å². The molecule has 1 N–H and O–H groups in total. The van der Waals surface area contributed by atoms with Gasteiger partial charge in [0, 0.05) is 25.8 Å². The van der Waals surface area contributed by atoms with Gasteiger partial charge in [0.15, 0.2) is 0 Å². The molecule has 1 aliphatic carbocycles. The molecule has 2 aromatic rings. The maximum Gasteiger partial charge on any atom is 0.243 e. The molecule has 3 atom stereocenters. The number of benzene rings is 1. The molecular formula is C25H31ClN4O3S. The van der Waals surface area contributed by atoms with Crippen molar-refractivity contribution in [2.75, 3.05) is 13.1 Å². The molecule has 182 valence electrons. The standard InChI is InChI=1S/C25H31ClN4O3S/c1-18-6-4-10-22(26)24(18)34(32,33)28-23(12-15-29-13-5-9-21(29)16-27)25(31)30-14-11-19-7-2-3-8-20(19)17-30/h4-6,9-10,13,19-20,23,28H,2-3,7-8,11-12,14-15,17H2,1H3/t19-,20+,23?/m0/s1. The monoisotopic (exact) mass is 502 g/mol. The first kappa shape index (κ1) is 24.8. The van der Waals surface area contributed by atoms with Crippen LogP contribution < -0.4 is 4.72 Å². The third-order valence-electron chi connectivity index (χ3n) is 7.23. The van der Waals surface area contributed by atoms with Gasteiger partial charge < -0.3 is 9.47 Å². The summed E-state index contributed by atoms with van der Waals surface area (Å²) in [5, 5.41) is 9.44. The molecule has 2 heterocycles. The van der Waals surface area contributed by atoms with E-state index in [0.29, 0.717) is 42.7 Å². The molecule has 0 spiro atoms. The van der Waals surface area contributed by atoms with Gasteiger partial charge in [-0.15, -0.1) is 0 Å². The number of carbonyl (C=O) groups excluding carboxylic acids is 1. The van der Waals surface area contributed by atoms with Gasteiger partial charge in [-0.05, 0) is 61.8 Å². The van der Waals surface area contributed by atoms with Crippen molar-refractivity contribution < 1.29 is 13.2 Å². The fourth-order valence-electron chi connectivity index (χ4n) is 5.44. The van der Waals surface area contributed by atoms with Crippen LogP contribution in [0.15, 0.2) is 41.4 Å². The summed E-state index contributed by atoms with van der Waals surface area (Å²) in [5.74, 6) is 0.948. The molecule has 34 heavy (non-hydrogen) atoms. The number of hydrogen-bond donors (Lipinski definition) is 1. The van der Waals surface area contributed by atoms with Gasteiger partial charge in [0.05, 0.1) is 5.02 Å². The molecule has 1 aliphatic heterocycles. The third kappa shape index (κ3) is 5.32. The zero-order valence-corrected chi connectivity index (χ0v) is 21.0. The van der Waals surface area contributed by atoms with Crippen molar-refractivity contribution >= 4 is 27.5 Å². The second kappa shape index (κ2) is 10.5. The summed E-state index contributed by atoms with van der Waals surface area (Å²) in [7, 11) is -4.04. The minimum Gasteiger partial charge on any atom is -0.341 e. The lowest BCUT2D eigenvalue weighted by molar-refractivity contribution is -0.136. The first-order valence-corrected chi connectivity index (χ1v) is 13.8. The summed E-state index contributed by atoms with van der Waals surface area (Å²) in [6, 6.07) is 9.55. The highest BCUT2D eigenvalue weighted by molar-refractivity contribution is 7.89.